The first-order valence-electron chi connectivity index (χ1n) is 10.7. The van der Waals surface area contributed by atoms with E-state index in [4.69, 9.17) is 23.4 Å². The molecule has 1 aliphatic heterocycles. The summed E-state index contributed by atoms with van der Waals surface area (Å²) >= 11 is 0. The van der Waals surface area contributed by atoms with Crippen molar-refractivity contribution < 1.29 is 28.2 Å². The van der Waals surface area contributed by atoms with Crippen LogP contribution in [0.3, 0.4) is 0 Å². The third kappa shape index (κ3) is 4.96. The predicted molar refractivity (Wildman–Crippen MR) is 127 cm³/mol. The third-order valence-electron chi connectivity index (χ3n) is 5.27. The summed E-state index contributed by atoms with van der Waals surface area (Å²) in [6.45, 7) is 0.222. The Morgan fingerprint density at radius 3 is 2.51 bits per heavy atom. The Morgan fingerprint density at radius 2 is 1.69 bits per heavy atom. The monoisotopic (exact) mass is 474 g/mol. The fraction of sp³-hybridized carbons (Fsp3) is 0.160. The normalized spacial score (nSPS) is 11.7. The predicted octanol–water partition coefficient (Wildman–Crippen LogP) is 4.72. The maximum atomic E-state index is 12.5. The van der Waals surface area contributed by atoms with E-state index in [1.54, 1.807) is 43.5 Å². The van der Waals surface area contributed by atoms with Crippen molar-refractivity contribution in [1.29, 1.82) is 0 Å². The summed E-state index contributed by atoms with van der Waals surface area (Å²) in [5.74, 6) is 3.32. The summed E-state index contributed by atoms with van der Waals surface area (Å²) < 4.78 is 27.1. The summed E-state index contributed by atoms with van der Waals surface area (Å²) in [6, 6.07) is 17.5. The molecule has 10 nitrogen and oxygen atoms in total. The number of urea groups is 1. The quantitative estimate of drug-likeness (QED) is 0.395. The lowest BCUT2D eigenvalue weighted by atomic mass is 10.1. The lowest BCUT2D eigenvalue weighted by Crippen LogP contribution is -2.19. The van der Waals surface area contributed by atoms with Crippen molar-refractivity contribution in [3.63, 3.8) is 0 Å². The van der Waals surface area contributed by atoms with E-state index >= 15 is 0 Å². The van der Waals surface area contributed by atoms with Crippen LogP contribution in [0.2, 0.25) is 0 Å². The molecule has 10 heteroatoms. The molecule has 2 N–H and O–H groups in total. The number of fused-ring (bicyclic) bond motifs is 1. The Labute approximate surface area is 200 Å². The molecule has 0 radical (unpaired) electrons. The number of anilines is 2. The highest BCUT2D eigenvalue weighted by molar-refractivity contribution is 6.00. The molecule has 0 fully saturated rings. The van der Waals surface area contributed by atoms with E-state index in [9.17, 15) is 4.79 Å². The van der Waals surface area contributed by atoms with Crippen LogP contribution in [0.4, 0.5) is 16.2 Å². The molecule has 0 spiro atoms. The van der Waals surface area contributed by atoms with Gasteiger partial charge in [-0.1, -0.05) is 12.1 Å². The minimum Gasteiger partial charge on any atom is -0.493 e. The average Bonchev–Trinajstić information content (AvgIpc) is 3.53. The molecular formula is C25H22N4O6. The lowest BCUT2D eigenvalue weighted by Gasteiger charge is -2.11. The van der Waals surface area contributed by atoms with Gasteiger partial charge >= 0.3 is 6.03 Å². The summed E-state index contributed by atoms with van der Waals surface area (Å²) in [6.07, 6.45) is 0.454. The molecule has 1 aromatic heterocycles. The van der Waals surface area contributed by atoms with Gasteiger partial charge < -0.3 is 34.0 Å². The van der Waals surface area contributed by atoms with Crippen LogP contribution in [0.1, 0.15) is 11.5 Å². The SMILES string of the molecule is COc1ccc(NC(=O)Nc2cccc(-c3nnc(Cc4ccc5c(c4)OCO5)o3)c2)cc1OC. The number of hydrogen-bond acceptors (Lipinski definition) is 8. The zero-order chi connectivity index (χ0) is 24.2. The van der Waals surface area contributed by atoms with Gasteiger partial charge in [-0.3, -0.25) is 0 Å². The molecule has 0 unspecified atom stereocenters. The number of methoxy groups -OCH3 is 2. The molecule has 0 atom stereocenters. The smallest absolute Gasteiger partial charge is 0.323 e. The second-order valence-electron chi connectivity index (χ2n) is 7.60. The second kappa shape index (κ2) is 9.64. The van der Waals surface area contributed by atoms with Crippen LogP contribution in [0.25, 0.3) is 11.5 Å². The summed E-state index contributed by atoms with van der Waals surface area (Å²) in [7, 11) is 3.08. The standard InChI is InChI=1S/C25H22N4O6/c1-31-19-9-7-18(13-21(19)32-2)27-25(30)26-17-5-3-4-16(12-17)24-29-28-23(35-24)11-15-6-8-20-22(10-15)34-14-33-20/h3-10,12-13H,11,14H2,1-2H3,(H2,26,27,30). The number of benzene rings is 3. The number of carbonyl (C=O) groups excluding carboxylic acids is 1. The van der Waals surface area contributed by atoms with E-state index in [-0.39, 0.29) is 6.79 Å². The highest BCUT2D eigenvalue weighted by Gasteiger charge is 2.16. The first-order valence-corrected chi connectivity index (χ1v) is 10.7. The fourth-order valence-corrected chi connectivity index (χ4v) is 3.60. The second-order valence-corrected chi connectivity index (χ2v) is 7.60. The number of nitrogens with zero attached hydrogens (tertiary/aromatic N) is 2. The van der Waals surface area contributed by atoms with Crippen LogP contribution < -0.4 is 29.6 Å². The first kappa shape index (κ1) is 22.1. The van der Waals surface area contributed by atoms with Gasteiger partial charge in [-0.25, -0.2) is 4.79 Å². The largest absolute Gasteiger partial charge is 0.493 e. The summed E-state index contributed by atoms with van der Waals surface area (Å²) in [5, 5.41) is 13.9. The molecule has 4 aromatic rings. The van der Waals surface area contributed by atoms with Crippen molar-refractivity contribution in [3.05, 3.63) is 72.1 Å². The van der Waals surface area contributed by atoms with Crippen molar-refractivity contribution in [2.45, 2.75) is 6.42 Å². The van der Waals surface area contributed by atoms with E-state index in [1.807, 2.05) is 24.3 Å². The Kier molecular flexibility index (Phi) is 6.08. The van der Waals surface area contributed by atoms with E-state index in [0.29, 0.717) is 52.4 Å². The molecule has 35 heavy (non-hydrogen) atoms. The topological polar surface area (TPSA) is 117 Å². The zero-order valence-corrected chi connectivity index (χ0v) is 19.0. The third-order valence-corrected chi connectivity index (χ3v) is 5.27. The maximum Gasteiger partial charge on any atom is 0.323 e. The van der Waals surface area contributed by atoms with Gasteiger partial charge in [0.1, 0.15) is 0 Å². The van der Waals surface area contributed by atoms with Gasteiger partial charge in [0.2, 0.25) is 18.6 Å². The van der Waals surface area contributed by atoms with Gasteiger partial charge in [-0.05, 0) is 48.0 Å². The molecule has 2 heterocycles. The number of hydrogen-bond donors (Lipinski definition) is 2. The first-order chi connectivity index (χ1) is 17.1. The molecule has 3 aromatic carbocycles. The molecule has 0 aliphatic carbocycles. The molecule has 0 saturated heterocycles. The van der Waals surface area contributed by atoms with Gasteiger partial charge in [0.05, 0.1) is 20.6 Å². The van der Waals surface area contributed by atoms with Crippen molar-refractivity contribution in [1.82, 2.24) is 10.2 Å². The molecule has 1 aliphatic rings. The number of amides is 2. The van der Waals surface area contributed by atoms with Gasteiger partial charge in [0.25, 0.3) is 0 Å². The van der Waals surface area contributed by atoms with Gasteiger partial charge in [0, 0.05) is 23.0 Å². The van der Waals surface area contributed by atoms with Gasteiger partial charge in [0.15, 0.2) is 23.0 Å². The van der Waals surface area contributed by atoms with Crippen molar-refractivity contribution in [2.24, 2.45) is 0 Å². The Balaban J connectivity index is 1.24. The molecular weight excluding hydrogens is 452 g/mol. The average molecular weight is 474 g/mol. The van der Waals surface area contributed by atoms with E-state index < -0.39 is 6.03 Å². The number of rotatable bonds is 7. The highest BCUT2D eigenvalue weighted by Crippen LogP contribution is 2.33. The minimum absolute atomic E-state index is 0.222. The number of carbonyl (C=O) groups is 1. The van der Waals surface area contributed by atoms with E-state index in [0.717, 1.165) is 11.3 Å². The lowest BCUT2D eigenvalue weighted by molar-refractivity contribution is 0.174. The minimum atomic E-state index is -0.414. The highest BCUT2D eigenvalue weighted by atomic mass is 16.7. The van der Waals surface area contributed by atoms with Crippen LogP contribution >= 0.6 is 0 Å². The van der Waals surface area contributed by atoms with Crippen LogP contribution in [-0.4, -0.2) is 37.2 Å². The Hall–Kier alpha value is -4.73. The van der Waals surface area contributed by atoms with Crippen molar-refractivity contribution in [3.8, 4) is 34.5 Å². The van der Waals surface area contributed by atoms with Gasteiger partial charge in [-0.15, -0.1) is 10.2 Å². The van der Waals surface area contributed by atoms with Crippen LogP contribution in [0.15, 0.2) is 65.1 Å². The molecule has 5 rings (SSSR count). The summed E-state index contributed by atoms with van der Waals surface area (Å²) in [5.41, 5.74) is 2.77. The van der Waals surface area contributed by atoms with Crippen LogP contribution in [0, 0.1) is 0 Å². The number of ether oxygens (including phenoxy) is 4. The van der Waals surface area contributed by atoms with Crippen molar-refractivity contribution in [2.75, 3.05) is 31.6 Å². The molecule has 0 saturated carbocycles. The Bertz CT molecular complexity index is 1370. The van der Waals surface area contributed by atoms with Crippen LogP contribution in [0.5, 0.6) is 23.0 Å². The summed E-state index contributed by atoms with van der Waals surface area (Å²) in [4.78, 5) is 12.5. The molecule has 0 bridgehead atoms. The Morgan fingerprint density at radius 1 is 0.886 bits per heavy atom. The van der Waals surface area contributed by atoms with Gasteiger partial charge in [-0.2, -0.15) is 0 Å². The van der Waals surface area contributed by atoms with Crippen molar-refractivity contribution >= 4 is 17.4 Å². The maximum absolute atomic E-state index is 12.5. The molecule has 2 amide bonds. The molecule has 178 valence electrons. The zero-order valence-electron chi connectivity index (χ0n) is 19.0. The number of nitrogens with one attached hydrogen (secondary N) is 2. The van der Waals surface area contributed by atoms with Crippen LogP contribution in [-0.2, 0) is 6.42 Å². The van der Waals surface area contributed by atoms with E-state index in [2.05, 4.69) is 20.8 Å². The number of aromatic nitrogens is 2. The fourth-order valence-electron chi connectivity index (χ4n) is 3.60. The van der Waals surface area contributed by atoms with E-state index in [1.165, 1.54) is 7.11 Å².